The van der Waals surface area contributed by atoms with E-state index in [2.05, 4.69) is 19.2 Å². The first-order valence-electron chi connectivity index (χ1n) is 9.31. The second-order valence-corrected chi connectivity index (χ2v) is 7.14. The molecule has 27 heavy (non-hydrogen) atoms. The number of carbonyl (C=O) groups excluding carboxylic acids is 2. The van der Waals surface area contributed by atoms with E-state index in [1.807, 2.05) is 36.4 Å². The van der Waals surface area contributed by atoms with Gasteiger partial charge in [-0.25, -0.2) is 0 Å². The number of hydrogen-bond acceptors (Lipinski definition) is 3. The molecule has 5 nitrogen and oxygen atoms in total. The number of carbonyl (C=O) groups is 2. The monoisotopic (exact) mass is 367 g/mol. The lowest BCUT2D eigenvalue weighted by molar-refractivity contribution is -0.132. The Labute approximate surface area is 161 Å². The summed E-state index contributed by atoms with van der Waals surface area (Å²) < 4.78 is 0. The van der Waals surface area contributed by atoms with Gasteiger partial charge in [0.2, 0.25) is 5.91 Å². The zero-order valence-electron chi connectivity index (χ0n) is 16.3. The lowest BCUT2D eigenvalue weighted by atomic mass is 10.0. The van der Waals surface area contributed by atoms with Gasteiger partial charge in [0, 0.05) is 25.2 Å². The number of nitrogens with zero attached hydrogens (tertiary/aromatic N) is 1. The van der Waals surface area contributed by atoms with Crippen molar-refractivity contribution < 1.29 is 9.59 Å². The Morgan fingerprint density at radius 2 is 1.56 bits per heavy atom. The van der Waals surface area contributed by atoms with Crippen molar-refractivity contribution in [3.05, 3.63) is 71.8 Å². The SMILES string of the molecule is CC(C)C(N)CCN(C)C(=O)C(NC(=O)c1ccccc1)c1ccccc1. The van der Waals surface area contributed by atoms with E-state index >= 15 is 0 Å². The highest BCUT2D eigenvalue weighted by Gasteiger charge is 2.26. The Bertz CT molecular complexity index is 732. The van der Waals surface area contributed by atoms with Crippen molar-refractivity contribution in [2.24, 2.45) is 11.7 Å². The molecular formula is C22H29N3O2. The zero-order valence-corrected chi connectivity index (χ0v) is 16.3. The molecule has 0 bridgehead atoms. The summed E-state index contributed by atoms with van der Waals surface area (Å²) in [4.78, 5) is 27.3. The molecule has 0 aliphatic carbocycles. The van der Waals surface area contributed by atoms with Crippen LogP contribution in [0.2, 0.25) is 0 Å². The summed E-state index contributed by atoms with van der Waals surface area (Å²) in [6.45, 7) is 4.68. The van der Waals surface area contributed by atoms with Crippen molar-refractivity contribution in [2.75, 3.05) is 13.6 Å². The molecule has 2 aromatic rings. The maximum Gasteiger partial charge on any atom is 0.252 e. The van der Waals surface area contributed by atoms with Gasteiger partial charge in [-0.3, -0.25) is 9.59 Å². The highest BCUT2D eigenvalue weighted by Crippen LogP contribution is 2.17. The van der Waals surface area contributed by atoms with E-state index < -0.39 is 6.04 Å². The van der Waals surface area contributed by atoms with E-state index in [0.717, 1.165) is 5.56 Å². The van der Waals surface area contributed by atoms with E-state index in [1.54, 1.807) is 36.2 Å². The van der Waals surface area contributed by atoms with Gasteiger partial charge in [-0.05, 0) is 30.0 Å². The first kappa shape index (κ1) is 20.6. The van der Waals surface area contributed by atoms with Crippen LogP contribution >= 0.6 is 0 Å². The van der Waals surface area contributed by atoms with Crippen LogP contribution in [0.1, 0.15) is 42.2 Å². The van der Waals surface area contributed by atoms with Crippen molar-refractivity contribution in [1.29, 1.82) is 0 Å². The molecule has 0 heterocycles. The molecule has 2 amide bonds. The Kier molecular flexibility index (Phi) is 7.55. The highest BCUT2D eigenvalue weighted by atomic mass is 16.2. The van der Waals surface area contributed by atoms with Crippen molar-refractivity contribution in [3.63, 3.8) is 0 Å². The fourth-order valence-electron chi connectivity index (χ4n) is 2.74. The van der Waals surface area contributed by atoms with Gasteiger partial charge < -0.3 is 16.0 Å². The van der Waals surface area contributed by atoms with Gasteiger partial charge in [-0.2, -0.15) is 0 Å². The van der Waals surface area contributed by atoms with Gasteiger partial charge in [0.15, 0.2) is 0 Å². The molecule has 3 N–H and O–H groups in total. The second-order valence-electron chi connectivity index (χ2n) is 7.14. The van der Waals surface area contributed by atoms with E-state index in [4.69, 9.17) is 5.73 Å². The number of likely N-dealkylation sites (N-methyl/N-ethyl adjacent to an activating group) is 1. The van der Waals surface area contributed by atoms with Crippen molar-refractivity contribution in [2.45, 2.75) is 32.4 Å². The maximum atomic E-state index is 13.1. The Hall–Kier alpha value is -2.66. The second kappa shape index (κ2) is 9.88. The third-order valence-corrected chi connectivity index (χ3v) is 4.72. The molecule has 2 unspecified atom stereocenters. The molecule has 0 aliphatic rings. The summed E-state index contributed by atoms with van der Waals surface area (Å²) in [6, 6.07) is 17.5. The quantitative estimate of drug-likeness (QED) is 0.753. The molecular weight excluding hydrogens is 338 g/mol. The van der Waals surface area contributed by atoms with Gasteiger partial charge >= 0.3 is 0 Å². The topological polar surface area (TPSA) is 75.4 Å². The number of nitrogens with two attached hydrogens (primary N) is 1. The number of benzene rings is 2. The van der Waals surface area contributed by atoms with Crippen LogP contribution in [0.5, 0.6) is 0 Å². The van der Waals surface area contributed by atoms with Gasteiger partial charge in [0.1, 0.15) is 6.04 Å². The molecule has 0 aromatic heterocycles. The van der Waals surface area contributed by atoms with Crippen LogP contribution in [-0.2, 0) is 4.79 Å². The molecule has 0 saturated heterocycles. The van der Waals surface area contributed by atoms with Crippen LogP contribution in [0.3, 0.4) is 0 Å². The summed E-state index contributed by atoms with van der Waals surface area (Å²) in [5, 5.41) is 2.88. The normalized spacial score (nSPS) is 13.1. The van der Waals surface area contributed by atoms with E-state index in [9.17, 15) is 9.59 Å². The van der Waals surface area contributed by atoms with Crippen LogP contribution in [0.25, 0.3) is 0 Å². The minimum Gasteiger partial charge on any atom is -0.344 e. The predicted molar refractivity (Wildman–Crippen MR) is 108 cm³/mol. The van der Waals surface area contributed by atoms with Gasteiger partial charge in [0.25, 0.3) is 5.91 Å². The summed E-state index contributed by atoms with van der Waals surface area (Å²) in [7, 11) is 1.75. The summed E-state index contributed by atoms with van der Waals surface area (Å²) in [5.41, 5.74) is 7.38. The minimum atomic E-state index is -0.737. The zero-order chi connectivity index (χ0) is 19.8. The standard InChI is InChI=1S/C22H29N3O2/c1-16(2)19(23)14-15-25(3)22(27)20(17-10-6-4-7-11-17)24-21(26)18-12-8-5-9-13-18/h4-13,16,19-20H,14-15,23H2,1-3H3,(H,24,26). The van der Waals surface area contributed by atoms with Crippen LogP contribution in [0.4, 0.5) is 0 Å². The number of nitrogens with one attached hydrogen (secondary N) is 1. The predicted octanol–water partition coefficient (Wildman–Crippen LogP) is 2.99. The third kappa shape index (κ3) is 5.93. The van der Waals surface area contributed by atoms with Crippen LogP contribution < -0.4 is 11.1 Å². The van der Waals surface area contributed by atoms with E-state index in [1.165, 1.54) is 0 Å². The molecule has 2 atom stereocenters. The summed E-state index contributed by atoms with van der Waals surface area (Å²) in [6.07, 6.45) is 0.716. The van der Waals surface area contributed by atoms with Gasteiger partial charge in [-0.1, -0.05) is 62.4 Å². The number of rotatable bonds is 8. The van der Waals surface area contributed by atoms with Crippen LogP contribution in [-0.4, -0.2) is 36.3 Å². The molecule has 0 spiro atoms. The average molecular weight is 367 g/mol. The fourth-order valence-corrected chi connectivity index (χ4v) is 2.74. The molecule has 2 aromatic carbocycles. The highest BCUT2D eigenvalue weighted by molar-refractivity contribution is 5.97. The maximum absolute atomic E-state index is 13.1. The largest absolute Gasteiger partial charge is 0.344 e. The smallest absolute Gasteiger partial charge is 0.252 e. The van der Waals surface area contributed by atoms with Gasteiger partial charge in [0.05, 0.1) is 0 Å². The van der Waals surface area contributed by atoms with Crippen molar-refractivity contribution in [1.82, 2.24) is 10.2 Å². The summed E-state index contributed by atoms with van der Waals surface area (Å²) >= 11 is 0. The third-order valence-electron chi connectivity index (χ3n) is 4.72. The fraction of sp³-hybridized carbons (Fsp3) is 0.364. The van der Waals surface area contributed by atoms with Gasteiger partial charge in [-0.15, -0.1) is 0 Å². The number of hydrogen-bond donors (Lipinski definition) is 2. The molecule has 0 radical (unpaired) electrons. The average Bonchev–Trinajstić information content (AvgIpc) is 2.70. The molecule has 0 saturated carbocycles. The molecule has 5 heteroatoms. The number of amides is 2. The first-order chi connectivity index (χ1) is 12.9. The Morgan fingerprint density at radius 1 is 1.00 bits per heavy atom. The lowest BCUT2D eigenvalue weighted by Crippen LogP contribution is -2.43. The van der Waals surface area contributed by atoms with E-state index in [0.29, 0.717) is 24.4 Å². The molecule has 2 rings (SSSR count). The van der Waals surface area contributed by atoms with Crippen molar-refractivity contribution in [3.8, 4) is 0 Å². The molecule has 144 valence electrons. The van der Waals surface area contributed by atoms with E-state index in [-0.39, 0.29) is 17.9 Å². The summed E-state index contributed by atoms with van der Waals surface area (Å²) in [5.74, 6) is -0.0669. The lowest BCUT2D eigenvalue weighted by Gasteiger charge is -2.26. The Balaban J connectivity index is 2.15. The minimum absolute atomic E-state index is 0.0364. The van der Waals surface area contributed by atoms with Crippen LogP contribution in [0.15, 0.2) is 60.7 Å². The van der Waals surface area contributed by atoms with Crippen molar-refractivity contribution >= 4 is 11.8 Å². The molecule has 0 aliphatic heterocycles. The first-order valence-corrected chi connectivity index (χ1v) is 9.31. The van der Waals surface area contributed by atoms with Crippen LogP contribution in [0, 0.1) is 5.92 Å². The molecule has 0 fully saturated rings. The Morgan fingerprint density at radius 3 is 2.11 bits per heavy atom.